The molecule has 2 fully saturated rings. The van der Waals surface area contributed by atoms with Crippen molar-refractivity contribution in [3.05, 3.63) is 58.9 Å². The Balaban J connectivity index is 1.68. The maximum absolute atomic E-state index is 13.2. The van der Waals surface area contributed by atoms with Crippen molar-refractivity contribution in [3.8, 4) is 0 Å². The molecule has 0 unspecified atom stereocenters. The standard InChI is InChI=1S/C22H23N3O2S/c1-14-6-5-9-19(15(14)2)25-21(27)18(20(26)23-22(25)28)12-16-10-11-24(13-16)17-7-3-4-8-17/h5-6,9-13,17H,3-4,7-8H2,1-2H3,(H,23,26,28)/b18-12-. The molecule has 5 nitrogen and oxygen atoms in total. The summed E-state index contributed by atoms with van der Waals surface area (Å²) in [6, 6.07) is 8.17. The van der Waals surface area contributed by atoms with Crippen LogP contribution < -0.4 is 10.2 Å². The minimum absolute atomic E-state index is 0.0960. The molecule has 6 heteroatoms. The van der Waals surface area contributed by atoms with Gasteiger partial charge in [0.25, 0.3) is 11.8 Å². The van der Waals surface area contributed by atoms with Crippen LogP contribution in [0.2, 0.25) is 0 Å². The summed E-state index contributed by atoms with van der Waals surface area (Å²) in [7, 11) is 0. The van der Waals surface area contributed by atoms with Crippen molar-refractivity contribution in [3.63, 3.8) is 0 Å². The van der Waals surface area contributed by atoms with Crippen molar-refractivity contribution in [2.75, 3.05) is 4.90 Å². The lowest BCUT2D eigenvalue weighted by Crippen LogP contribution is -2.54. The Morgan fingerprint density at radius 1 is 1.14 bits per heavy atom. The molecule has 1 aliphatic heterocycles. The maximum atomic E-state index is 13.2. The highest BCUT2D eigenvalue weighted by atomic mass is 32.1. The molecule has 0 spiro atoms. The summed E-state index contributed by atoms with van der Waals surface area (Å²) in [5.41, 5.74) is 3.66. The molecule has 1 saturated heterocycles. The second kappa shape index (κ2) is 7.36. The molecule has 28 heavy (non-hydrogen) atoms. The van der Waals surface area contributed by atoms with E-state index < -0.39 is 11.8 Å². The average Bonchev–Trinajstić information content (AvgIpc) is 3.33. The number of anilines is 1. The Morgan fingerprint density at radius 2 is 1.89 bits per heavy atom. The van der Waals surface area contributed by atoms with Crippen molar-refractivity contribution in [1.29, 1.82) is 0 Å². The molecule has 2 heterocycles. The minimum atomic E-state index is -0.454. The largest absolute Gasteiger partial charge is 0.351 e. The van der Waals surface area contributed by atoms with Gasteiger partial charge in [0.05, 0.1) is 5.69 Å². The van der Waals surface area contributed by atoms with Gasteiger partial charge in [-0.2, -0.15) is 0 Å². The zero-order valence-electron chi connectivity index (χ0n) is 16.1. The lowest BCUT2D eigenvalue weighted by atomic mass is 10.0. The number of aryl methyl sites for hydroxylation is 1. The van der Waals surface area contributed by atoms with Crippen molar-refractivity contribution < 1.29 is 9.59 Å². The van der Waals surface area contributed by atoms with E-state index in [0.29, 0.717) is 11.7 Å². The van der Waals surface area contributed by atoms with E-state index in [9.17, 15) is 9.59 Å². The molecule has 0 bridgehead atoms. The lowest BCUT2D eigenvalue weighted by Gasteiger charge is -2.30. The Morgan fingerprint density at radius 3 is 2.64 bits per heavy atom. The molecule has 0 radical (unpaired) electrons. The Kier molecular flexibility index (Phi) is 4.89. The molecule has 0 atom stereocenters. The maximum Gasteiger partial charge on any atom is 0.270 e. The highest BCUT2D eigenvalue weighted by Crippen LogP contribution is 2.31. The fraction of sp³-hybridized carbons (Fsp3) is 0.318. The first-order chi connectivity index (χ1) is 13.5. The smallest absolute Gasteiger partial charge is 0.270 e. The van der Waals surface area contributed by atoms with E-state index in [1.165, 1.54) is 30.6 Å². The van der Waals surface area contributed by atoms with Gasteiger partial charge < -0.3 is 4.57 Å². The second-order valence-corrected chi connectivity index (χ2v) is 7.89. The van der Waals surface area contributed by atoms with Crippen LogP contribution in [0.25, 0.3) is 6.08 Å². The number of benzene rings is 1. The van der Waals surface area contributed by atoms with Gasteiger partial charge in [0.1, 0.15) is 5.57 Å². The molecule has 1 aromatic carbocycles. The van der Waals surface area contributed by atoms with Gasteiger partial charge in [-0.25, -0.2) is 0 Å². The van der Waals surface area contributed by atoms with Crippen LogP contribution in [-0.4, -0.2) is 21.5 Å². The molecule has 1 N–H and O–H groups in total. The summed E-state index contributed by atoms with van der Waals surface area (Å²) in [6.45, 7) is 3.93. The first-order valence-corrected chi connectivity index (χ1v) is 10.0. The van der Waals surface area contributed by atoms with Crippen LogP contribution in [0.5, 0.6) is 0 Å². The van der Waals surface area contributed by atoms with Crippen LogP contribution in [-0.2, 0) is 9.59 Å². The molecule has 2 amide bonds. The van der Waals surface area contributed by atoms with E-state index in [2.05, 4.69) is 9.88 Å². The van der Waals surface area contributed by atoms with Gasteiger partial charge in [0.2, 0.25) is 0 Å². The third-order valence-electron chi connectivity index (χ3n) is 5.71. The first kappa shape index (κ1) is 18.6. The molecule has 1 saturated carbocycles. The Bertz CT molecular complexity index is 999. The van der Waals surface area contributed by atoms with E-state index in [-0.39, 0.29) is 10.7 Å². The zero-order valence-corrected chi connectivity index (χ0v) is 16.9. The normalized spacial score (nSPS) is 19.6. The van der Waals surface area contributed by atoms with Crippen molar-refractivity contribution in [2.45, 2.75) is 45.6 Å². The SMILES string of the molecule is Cc1cccc(N2C(=O)/C(=C\c3ccn(C4CCCC4)c3)C(=O)NC2=S)c1C. The summed E-state index contributed by atoms with van der Waals surface area (Å²) in [4.78, 5) is 27.1. The van der Waals surface area contributed by atoms with Gasteiger partial charge in [-0.15, -0.1) is 0 Å². The van der Waals surface area contributed by atoms with Gasteiger partial charge in [-0.3, -0.25) is 19.8 Å². The molecule has 144 valence electrons. The monoisotopic (exact) mass is 393 g/mol. The van der Waals surface area contributed by atoms with E-state index in [0.717, 1.165) is 16.7 Å². The number of carbonyl (C=O) groups is 2. The quantitative estimate of drug-likeness (QED) is 0.486. The van der Waals surface area contributed by atoms with E-state index in [4.69, 9.17) is 12.2 Å². The topological polar surface area (TPSA) is 54.3 Å². The molecule has 2 aliphatic rings. The van der Waals surface area contributed by atoms with Crippen LogP contribution in [0.15, 0.2) is 42.2 Å². The van der Waals surface area contributed by atoms with Crippen molar-refractivity contribution >= 4 is 40.9 Å². The van der Waals surface area contributed by atoms with E-state index >= 15 is 0 Å². The number of rotatable bonds is 3. The van der Waals surface area contributed by atoms with E-state index in [1.807, 2.05) is 50.5 Å². The molecule has 1 aliphatic carbocycles. The van der Waals surface area contributed by atoms with Gasteiger partial charge in [0, 0.05) is 18.4 Å². The first-order valence-electron chi connectivity index (χ1n) is 9.61. The van der Waals surface area contributed by atoms with Crippen LogP contribution in [0.4, 0.5) is 5.69 Å². The number of aromatic nitrogens is 1. The van der Waals surface area contributed by atoms with Crippen molar-refractivity contribution in [2.24, 2.45) is 0 Å². The summed E-state index contributed by atoms with van der Waals surface area (Å²) in [5, 5.41) is 2.77. The van der Waals surface area contributed by atoms with Crippen LogP contribution in [0.1, 0.15) is 48.4 Å². The van der Waals surface area contributed by atoms with Gasteiger partial charge in [-0.1, -0.05) is 25.0 Å². The predicted octanol–water partition coefficient (Wildman–Crippen LogP) is 4.05. The molecule has 1 aromatic heterocycles. The molecule has 4 rings (SSSR count). The fourth-order valence-corrected chi connectivity index (χ4v) is 4.24. The average molecular weight is 394 g/mol. The Hall–Kier alpha value is -2.73. The minimum Gasteiger partial charge on any atom is -0.351 e. The summed E-state index contributed by atoms with van der Waals surface area (Å²) < 4.78 is 2.19. The fourth-order valence-electron chi connectivity index (χ4n) is 3.97. The summed E-state index contributed by atoms with van der Waals surface area (Å²) >= 11 is 5.30. The number of thiocarbonyl (C=S) groups is 1. The highest BCUT2D eigenvalue weighted by Gasteiger charge is 2.35. The van der Waals surface area contributed by atoms with E-state index in [1.54, 1.807) is 6.08 Å². The van der Waals surface area contributed by atoms with Gasteiger partial charge >= 0.3 is 0 Å². The van der Waals surface area contributed by atoms with Crippen LogP contribution >= 0.6 is 12.2 Å². The predicted molar refractivity (Wildman–Crippen MR) is 114 cm³/mol. The summed E-state index contributed by atoms with van der Waals surface area (Å²) in [5.74, 6) is -0.846. The third kappa shape index (κ3) is 3.29. The molecular formula is C22H23N3O2S. The third-order valence-corrected chi connectivity index (χ3v) is 6.00. The summed E-state index contributed by atoms with van der Waals surface area (Å²) in [6.07, 6.45) is 10.6. The number of amides is 2. The molecule has 2 aromatic rings. The number of carbonyl (C=O) groups excluding carboxylic acids is 2. The Labute approximate surface area is 170 Å². The van der Waals surface area contributed by atoms with Crippen molar-refractivity contribution in [1.82, 2.24) is 9.88 Å². The van der Waals surface area contributed by atoms with Crippen LogP contribution in [0.3, 0.4) is 0 Å². The number of hydrogen-bond donors (Lipinski definition) is 1. The number of nitrogens with zero attached hydrogens (tertiary/aromatic N) is 2. The second-order valence-electron chi connectivity index (χ2n) is 7.51. The van der Waals surface area contributed by atoms with Gasteiger partial charge in [-0.05, 0) is 73.8 Å². The zero-order chi connectivity index (χ0) is 19.8. The highest BCUT2D eigenvalue weighted by molar-refractivity contribution is 7.80. The van der Waals surface area contributed by atoms with Gasteiger partial charge in [0.15, 0.2) is 5.11 Å². The number of hydrogen-bond acceptors (Lipinski definition) is 3. The lowest BCUT2D eigenvalue weighted by molar-refractivity contribution is -0.122. The van der Waals surface area contributed by atoms with Crippen LogP contribution in [0, 0.1) is 13.8 Å². The molecular weight excluding hydrogens is 370 g/mol. The number of nitrogens with one attached hydrogen (secondary N) is 1.